The number of hydrogen-bond donors (Lipinski definition) is 5. The zero-order chi connectivity index (χ0) is 42.9. The van der Waals surface area contributed by atoms with E-state index in [9.17, 15) is 19.2 Å². The Kier molecular flexibility index (Phi) is 10.9. The number of hydrogen-bond acceptors (Lipinski definition) is 13. The molecule has 0 unspecified atom stereocenters. The Morgan fingerprint density at radius 2 is 1.46 bits per heavy atom. The van der Waals surface area contributed by atoms with E-state index in [-0.39, 0.29) is 42.3 Å². The van der Waals surface area contributed by atoms with Gasteiger partial charge < -0.3 is 30.1 Å². The molecule has 1 aliphatic heterocycles. The van der Waals surface area contributed by atoms with Gasteiger partial charge in [0, 0.05) is 37.2 Å². The summed E-state index contributed by atoms with van der Waals surface area (Å²) in [5.41, 5.74) is 15.8. The number of tetrazole rings is 1. The normalized spacial score (nSPS) is 13.4. The van der Waals surface area contributed by atoms with E-state index in [1.807, 2.05) is 36.8 Å². The molecular formula is C39H44N16O6. The van der Waals surface area contributed by atoms with Gasteiger partial charge in [-0.25, -0.2) is 9.97 Å². The number of primary amides is 2. The van der Waals surface area contributed by atoms with Crippen LogP contribution >= 0.6 is 0 Å². The van der Waals surface area contributed by atoms with Crippen molar-refractivity contribution in [1.82, 2.24) is 59.3 Å². The van der Waals surface area contributed by atoms with Gasteiger partial charge in [0.05, 0.1) is 35.1 Å². The number of imidazole rings is 2. The number of aromatic amines is 1. The van der Waals surface area contributed by atoms with Crippen LogP contribution in [-0.4, -0.2) is 96.1 Å². The first-order chi connectivity index (χ1) is 29.4. The third-order valence-corrected chi connectivity index (χ3v) is 10.4. The molecule has 1 aliphatic rings. The highest BCUT2D eigenvalue weighted by molar-refractivity contribution is 6.05. The first-order valence-electron chi connectivity index (χ1n) is 19.8. The number of nitrogens with one attached hydrogen (secondary N) is 3. The number of fused-ring (bicyclic) bond motifs is 1. The van der Waals surface area contributed by atoms with Gasteiger partial charge in [-0.2, -0.15) is 15.4 Å². The maximum atomic E-state index is 13.8. The fourth-order valence-electron chi connectivity index (χ4n) is 7.61. The Morgan fingerprint density at radius 1 is 0.836 bits per heavy atom. The average molecular weight is 833 g/mol. The van der Waals surface area contributed by atoms with Gasteiger partial charge in [0.1, 0.15) is 40.5 Å². The van der Waals surface area contributed by atoms with Crippen molar-refractivity contribution >= 4 is 57.6 Å². The molecule has 0 fully saturated rings. The number of carbonyl (C=O) groups is 4. The Bertz CT molecular complexity index is 2810. The summed E-state index contributed by atoms with van der Waals surface area (Å²) >= 11 is 0. The molecule has 1 atom stereocenters. The number of aryl methyl sites for hydroxylation is 6. The summed E-state index contributed by atoms with van der Waals surface area (Å²) < 4.78 is 19.5. The molecule has 8 rings (SSSR count). The van der Waals surface area contributed by atoms with E-state index >= 15 is 0 Å². The predicted molar refractivity (Wildman–Crippen MR) is 219 cm³/mol. The number of nitrogens with two attached hydrogens (primary N) is 2. The summed E-state index contributed by atoms with van der Waals surface area (Å²) in [6.45, 7) is 9.09. The number of aromatic nitrogens is 12. The number of carbonyl (C=O) groups excluding carboxylic acids is 4. The van der Waals surface area contributed by atoms with Crippen LogP contribution in [0.2, 0.25) is 0 Å². The fourth-order valence-corrected chi connectivity index (χ4v) is 7.61. The van der Waals surface area contributed by atoms with Gasteiger partial charge in [-0.05, 0) is 83.4 Å². The molecule has 22 nitrogen and oxygen atoms in total. The number of amides is 4. The minimum atomic E-state index is -0.676. The second kappa shape index (κ2) is 16.5. The highest BCUT2D eigenvalue weighted by atomic mass is 16.5. The van der Waals surface area contributed by atoms with Crippen LogP contribution in [0.4, 0.5) is 11.9 Å². The molecule has 0 saturated heterocycles. The number of ether oxygens (including phenoxy) is 2. The summed E-state index contributed by atoms with van der Waals surface area (Å²) in [5, 5.41) is 28.8. The van der Waals surface area contributed by atoms with Gasteiger partial charge in [0.2, 0.25) is 23.7 Å². The molecular weight excluding hydrogens is 789 g/mol. The largest absolute Gasteiger partial charge is 0.491 e. The predicted octanol–water partition coefficient (Wildman–Crippen LogP) is 3.08. The van der Waals surface area contributed by atoms with E-state index in [1.165, 1.54) is 0 Å². The van der Waals surface area contributed by atoms with Crippen molar-refractivity contribution in [3.05, 3.63) is 76.1 Å². The number of anilines is 2. The third kappa shape index (κ3) is 7.93. The SMILES string of the molecule is CCn1nc(C)cc1C(=O)Nc1nc2cc(C(N)=O)cc(OCCCc3nn[nH]n3)c2n1CCC[C@H]1COc2cc(C(N)=O)cc3nc(NC(=O)c4cc(C)nn4CC)n1c23. The van der Waals surface area contributed by atoms with E-state index in [1.54, 1.807) is 45.8 Å². The Hall–Kier alpha value is -7.65. The maximum Gasteiger partial charge on any atom is 0.276 e. The first kappa shape index (κ1) is 40.1. The van der Waals surface area contributed by atoms with Crippen molar-refractivity contribution in [3.8, 4) is 11.5 Å². The van der Waals surface area contributed by atoms with Gasteiger partial charge in [-0.15, -0.1) is 10.2 Å². The zero-order valence-electron chi connectivity index (χ0n) is 33.9. The highest BCUT2D eigenvalue weighted by Gasteiger charge is 2.30. The number of rotatable bonds is 17. The smallest absolute Gasteiger partial charge is 0.276 e. The fraction of sp³-hybridized carbons (Fsp3) is 0.359. The lowest BCUT2D eigenvalue weighted by Crippen LogP contribution is -2.26. The minimum absolute atomic E-state index is 0.177. The molecule has 7 aromatic rings. The van der Waals surface area contributed by atoms with Crippen LogP contribution in [-0.2, 0) is 26.1 Å². The summed E-state index contributed by atoms with van der Waals surface area (Å²) in [7, 11) is 0. The number of H-pyrrole nitrogens is 1. The molecule has 0 saturated carbocycles. The van der Waals surface area contributed by atoms with E-state index < -0.39 is 23.6 Å². The van der Waals surface area contributed by atoms with Crippen LogP contribution < -0.4 is 31.6 Å². The Balaban J connectivity index is 1.13. The monoisotopic (exact) mass is 832 g/mol. The Morgan fingerprint density at radius 3 is 2.08 bits per heavy atom. The lowest BCUT2D eigenvalue weighted by Gasteiger charge is -2.27. The second-order valence-electron chi connectivity index (χ2n) is 14.6. The molecule has 2 aromatic carbocycles. The highest BCUT2D eigenvalue weighted by Crippen LogP contribution is 2.39. The summed E-state index contributed by atoms with van der Waals surface area (Å²) in [6.07, 6.45) is 2.00. The molecule has 316 valence electrons. The molecule has 0 radical (unpaired) electrons. The summed E-state index contributed by atoms with van der Waals surface area (Å²) in [4.78, 5) is 61.9. The van der Waals surface area contributed by atoms with E-state index in [0.29, 0.717) is 107 Å². The third-order valence-electron chi connectivity index (χ3n) is 10.4. The maximum absolute atomic E-state index is 13.8. The van der Waals surface area contributed by atoms with Crippen molar-refractivity contribution < 1.29 is 28.7 Å². The van der Waals surface area contributed by atoms with Crippen molar-refractivity contribution in [2.75, 3.05) is 23.8 Å². The van der Waals surface area contributed by atoms with Gasteiger partial charge in [0.25, 0.3) is 11.8 Å². The second-order valence-corrected chi connectivity index (χ2v) is 14.6. The molecule has 4 amide bonds. The van der Waals surface area contributed by atoms with E-state index in [2.05, 4.69) is 41.5 Å². The van der Waals surface area contributed by atoms with Gasteiger partial charge in [-0.3, -0.25) is 39.2 Å². The summed E-state index contributed by atoms with van der Waals surface area (Å²) in [6, 6.07) is 9.32. The molecule has 6 heterocycles. The van der Waals surface area contributed by atoms with Crippen molar-refractivity contribution in [1.29, 1.82) is 0 Å². The van der Waals surface area contributed by atoms with Crippen LogP contribution in [0.3, 0.4) is 0 Å². The van der Waals surface area contributed by atoms with Crippen molar-refractivity contribution in [2.24, 2.45) is 11.5 Å². The molecule has 0 bridgehead atoms. The zero-order valence-corrected chi connectivity index (χ0v) is 33.9. The van der Waals surface area contributed by atoms with Gasteiger partial charge >= 0.3 is 0 Å². The number of benzene rings is 2. The average Bonchev–Trinajstić information content (AvgIpc) is 4.08. The first-order valence-corrected chi connectivity index (χ1v) is 19.8. The number of nitrogens with zero attached hydrogens (tertiary/aromatic N) is 11. The Labute approximate surface area is 347 Å². The minimum Gasteiger partial charge on any atom is -0.491 e. The van der Waals surface area contributed by atoms with Crippen LogP contribution in [0.5, 0.6) is 11.5 Å². The van der Waals surface area contributed by atoms with Crippen LogP contribution in [0.15, 0.2) is 36.4 Å². The molecule has 61 heavy (non-hydrogen) atoms. The molecule has 5 aromatic heterocycles. The standard InChI is InChI=1S/C39H44N16O6/c1-5-53-27(13-20(3)48-53)36(58)44-38-42-25-15-22(34(40)56)17-29(60-12-8-10-31-46-50-51-47-31)32(25)52(38)11-7-9-24-19-61-30-18-23(35(41)57)16-26-33(30)55(24)39(43-26)45-37(59)28-14-21(4)49-54(28)6-2/h13-18,24H,5-12,19H2,1-4H3,(H2,40,56)(H2,41,57)(H,42,44,58)(H,43,45,59)(H,46,47,50,51)/t24-/m0/s1. The van der Waals surface area contributed by atoms with Crippen LogP contribution in [0.25, 0.3) is 22.1 Å². The van der Waals surface area contributed by atoms with Crippen molar-refractivity contribution in [2.45, 2.75) is 79.1 Å². The molecule has 7 N–H and O–H groups in total. The van der Waals surface area contributed by atoms with Crippen LogP contribution in [0, 0.1) is 13.8 Å². The lowest BCUT2D eigenvalue weighted by atomic mass is 10.1. The van der Waals surface area contributed by atoms with Gasteiger partial charge in [-0.1, -0.05) is 5.21 Å². The van der Waals surface area contributed by atoms with Gasteiger partial charge in [0.15, 0.2) is 5.82 Å². The topological polar surface area (TPSA) is 289 Å². The van der Waals surface area contributed by atoms with E-state index in [0.717, 1.165) is 0 Å². The molecule has 22 heteroatoms. The van der Waals surface area contributed by atoms with Crippen LogP contribution in [0.1, 0.15) is 98.1 Å². The molecule has 0 aliphatic carbocycles. The van der Waals surface area contributed by atoms with Crippen molar-refractivity contribution in [3.63, 3.8) is 0 Å². The quantitative estimate of drug-likeness (QED) is 0.0826. The summed E-state index contributed by atoms with van der Waals surface area (Å²) in [5.74, 6) is -0.402. The molecule has 0 spiro atoms. The lowest BCUT2D eigenvalue weighted by molar-refractivity contribution is 0.0991. The van der Waals surface area contributed by atoms with E-state index in [4.69, 9.17) is 30.9 Å².